The van der Waals surface area contributed by atoms with Crippen molar-refractivity contribution in [3.8, 4) is 0 Å². The zero-order chi connectivity index (χ0) is 10.9. The first kappa shape index (κ1) is 12.8. The first-order chi connectivity index (χ1) is 7.33. The monoisotopic (exact) mass is 230 g/mol. The molecule has 1 rings (SSSR count). The zero-order valence-electron chi connectivity index (χ0n) is 9.79. The molecule has 1 N–H and O–H groups in total. The number of rotatable bonds is 7. The molecule has 0 aliphatic carbocycles. The second-order valence-electron chi connectivity index (χ2n) is 3.86. The van der Waals surface area contributed by atoms with Gasteiger partial charge in [-0.3, -0.25) is 4.99 Å². The SMILES string of the molecule is CCCCOCCCN=C1NC(C)CS1. The van der Waals surface area contributed by atoms with Crippen LogP contribution < -0.4 is 5.32 Å². The van der Waals surface area contributed by atoms with Gasteiger partial charge in [0.15, 0.2) is 5.17 Å². The van der Waals surface area contributed by atoms with Crippen LogP contribution in [0.2, 0.25) is 0 Å². The van der Waals surface area contributed by atoms with E-state index in [1.54, 1.807) is 0 Å². The van der Waals surface area contributed by atoms with E-state index in [4.69, 9.17) is 4.74 Å². The van der Waals surface area contributed by atoms with Crippen molar-refractivity contribution in [3.05, 3.63) is 0 Å². The number of hydrogen-bond donors (Lipinski definition) is 1. The van der Waals surface area contributed by atoms with Gasteiger partial charge in [0.1, 0.15) is 0 Å². The van der Waals surface area contributed by atoms with Crippen LogP contribution in [0.4, 0.5) is 0 Å². The molecule has 0 aromatic rings. The summed E-state index contributed by atoms with van der Waals surface area (Å²) in [6, 6.07) is 0.578. The molecule has 1 atom stereocenters. The molecule has 1 saturated heterocycles. The molecule has 15 heavy (non-hydrogen) atoms. The van der Waals surface area contributed by atoms with Crippen LogP contribution in [0, 0.1) is 0 Å². The molecule has 0 bridgehead atoms. The Morgan fingerprint density at radius 3 is 2.93 bits per heavy atom. The van der Waals surface area contributed by atoms with Gasteiger partial charge in [0.2, 0.25) is 0 Å². The number of nitrogens with one attached hydrogen (secondary N) is 1. The Kier molecular flexibility index (Phi) is 6.85. The lowest BCUT2D eigenvalue weighted by atomic mass is 10.4. The smallest absolute Gasteiger partial charge is 0.156 e. The van der Waals surface area contributed by atoms with Crippen molar-refractivity contribution in [3.63, 3.8) is 0 Å². The molecule has 1 aliphatic rings. The van der Waals surface area contributed by atoms with Gasteiger partial charge >= 0.3 is 0 Å². The Balaban J connectivity index is 1.92. The Bertz CT molecular complexity index is 197. The maximum atomic E-state index is 5.46. The van der Waals surface area contributed by atoms with Gasteiger partial charge in [-0.1, -0.05) is 25.1 Å². The molecule has 0 aromatic heterocycles. The molecule has 1 unspecified atom stereocenters. The first-order valence-electron chi connectivity index (χ1n) is 5.84. The van der Waals surface area contributed by atoms with Crippen molar-refractivity contribution < 1.29 is 4.74 Å². The minimum absolute atomic E-state index is 0.578. The summed E-state index contributed by atoms with van der Waals surface area (Å²) in [6.45, 7) is 6.99. The van der Waals surface area contributed by atoms with Gasteiger partial charge in [0, 0.05) is 31.6 Å². The maximum absolute atomic E-state index is 5.46. The summed E-state index contributed by atoms with van der Waals surface area (Å²) in [7, 11) is 0. The number of unbranched alkanes of at least 4 members (excludes halogenated alkanes) is 1. The van der Waals surface area contributed by atoms with Crippen LogP contribution in [0.15, 0.2) is 4.99 Å². The van der Waals surface area contributed by atoms with Crippen LogP contribution in [0.25, 0.3) is 0 Å². The second kappa shape index (κ2) is 7.99. The molecule has 3 nitrogen and oxygen atoms in total. The van der Waals surface area contributed by atoms with Crippen LogP contribution in [-0.2, 0) is 4.74 Å². The molecule has 1 heterocycles. The highest BCUT2D eigenvalue weighted by Gasteiger charge is 2.14. The number of hydrogen-bond acceptors (Lipinski definition) is 3. The number of thioether (sulfide) groups is 1. The average Bonchev–Trinajstić information content (AvgIpc) is 2.63. The van der Waals surface area contributed by atoms with Crippen LogP contribution in [0.3, 0.4) is 0 Å². The van der Waals surface area contributed by atoms with E-state index in [1.807, 2.05) is 11.8 Å². The zero-order valence-corrected chi connectivity index (χ0v) is 10.6. The molecule has 88 valence electrons. The van der Waals surface area contributed by atoms with E-state index in [0.29, 0.717) is 6.04 Å². The Labute approximate surface area is 97.1 Å². The fraction of sp³-hybridized carbons (Fsp3) is 0.909. The summed E-state index contributed by atoms with van der Waals surface area (Å²) in [5.74, 6) is 1.14. The largest absolute Gasteiger partial charge is 0.381 e. The molecule has 0 aromatic carbocycles. The third-order valence-corrected chi connectivity index (χ3v) is 3.37. The molecule has 1 aliphatic heterocycles. The highest BCUT2D eigenvalue weighted by Crippen LogP contribution is 2.12. The highest BCUT2D eigenvalue weighted by atomic mass is 32.2. The minimum atomic E-state index is 0.578. The fourth-order valence-electron chi connectivity index (χ4n) is 1.29. The third kappa shape index (κ3) is 6.05. The molecular weight excluding hydrogens is 208 g/mol. The summed E-state index contributed by atoms with van der Waals surface area (Å²) < 4.78 is 5.46. The molecule has 0 saturated carbocycles. The third-order valence-electron chi connectivity index (χ3n) is 2.18. The topological polar surface area (TPSA) is 33.6 Å². The van der Waals surface area contributed by atoms with E-state index in [2.05, 4.69) is 24.2 Å². The molecule has 0 spiro atoms. The van der Waals surface area contributed by atoms with E-state index in [1.165, 1.54) is 12.8 Å². The predicted octanol–water partition coefficient (Wildman–Crippen LogP) is 2.27. The normalized spacial score (nSPS) is 23.3. The van der Waals surface area contributed by atoms with E-state index in [9.17, 15) is 0 Å². The lowest BCUT2D eigenvalue weighted by Crippen LogP contribution is -2.23. The highest BCUT2D eigenvalue weighted by molar-refractivity contribution is 8.14. The summed E-state index contributed by atoms with van der Waals surface area (Å²) >= 11 is 1.82. The van der Waals surface area contributed by atoms with Crippen molar-refractivity contribution >= 4 is 16.9 Å². The van der Waals surface area contributed by atoms with Gasteiger partial charge < -0.3 is 10.1 Å². The summed E-state index contributed by atoms with van der Waals surface area (Å²) in [6.07, 6.45) is 3.41. The van der Waals surface area contributed by atoms with Crippen molar-refractivity contribution in [1.29, 1.82) is 0 Å². The van der Waals surface area contributed by atoms with Gasteiger partial charge in [-0.2, -0.15) is 0 Å². The quantitative estimate of drug-likeness (QED) is 0.681. The number of nitrogens with zero attached hydrogens (tertiary/aromatic N) is 1. The van der Waals surface area contributed by atoms with Crippen molar-refractivity contribution in [2.24, 2.45) is 4.99 Å². The van der Waals surface area contributed by atoms with Gasteiger partial charge in [-0.25, -0.2) is 0 Å². The lowest BCUT2D eigenvalue weighted by molar-refractivity contribution is 0.130. The van der Waals surface area contributed by atoms with Gasteiger partial charge in [0.05, 0.1) is 0 Å². The van der Waals surface area contributed by atoms with E-state index >= 15 is 0 Å². The van der Waals surface area contributed by atoms with Crippen molar-refractivity contribution in [1.82, 2.24) is 5.32 Å². The number of aliphatic imine (C=N–C) groups is 1. The maximum Gasteiger partial charge on any atom is 0.156 e. The molecule has 0 radical (unpaired) electrons. The second-order valence-corrected chi connectivity index (χ2v) is 4.87. The van der Waals surface area contributed by atoms with Gasteiger partial charge in [0.25, 0.3) is 0 Å². The summed E-state index contributed by atoms with van der Waals surface area (Å²) in [5, 5.41) is 4.44. The van der Waals surface area contributed by atoms with E-state index < -0.39 is 0 Å². The Hall–Kier alpha value is -0.220. The lowest BCUT2D eigenvalue weighted by Gasteiger charge is -2.02. The fourth-order valence-corrected chi connectivity index (χ4v) is 2.24. The first-order valence-corrected chi connectivity index (χ1v) is 6.83. The number of amidine groups is 1. The predicted molar refractivity (Wildman–Crippen MR) is 67.7 cm³/mol. The Morgan fingerprint density at radius 1 is 1.47 bits per heavy atom. The molecule has 1 fully saturated rings. The van der Waals surface area contributed by atoms with Crippen LogP contribution in [-0.4, -0.2) is 36.7 Å². The van der Waals surface area contributed by atoms with Crippen LogP contribution in [0.5, 0.6) is 0 Å². The average molecular weight is 230 g/mol. The molecule has 0 amide bonds. The summed E-state index contributed by atoms with van der Waals surface area (Å²) in [5.41, 5.74) is 0. The van der Waals surface area contributed by atoms with Gasteiger partial charge in [-0.05, 0) is 19.8 Å². The number of ether oxygens (including phenoxy) is 1. The minimum Gasteiger partial charge on any atom is -0.381 e. The van der Waals surface area contributed by atoms with Gasteiger partial charge in [-0.15, -0.1) is 0 Å². The van der Waals surface area contributed by atoms with E-state index in [0.717, 1.165) is 37.1 Å². The van der Waals surface area contributed by atoms with Crippen molar-refractivity contribution in [2.75, 3.05) is 25.5 Å². The standard InChI is InChI=1S/C11H22N2OS/c1-3-4-7-14-8-5-6-12-11-13-10(2)9-15-11/h10H,3-9H2,1-2H3,(H,12,13). The van der Waals surface area contributed by atoms with Crippen LogP contribution in [0.1, 0.15) is 33.1 Å². The van der Waals surface area contributed by atoms with Crippen LogP contribution >= 0.6 is 11.8 Å². The van der Waals surface area contributed by atoms with E-state index in [-0.39, 0.29) is 0 Å². The Morgan fingerprint density at radius 2 is 2.27 bits per heavy atom. The molecule has 4 heteroatoms. The van der Waals surface area contributed by atoms with Crippen molar-refractivity contribution in [2.45, 2.75) is 39.2 Å². The molecular formula is C11H22N2OS. The summed E-state index contributed by atoms with van der Waals surface area (Å²) in [4.78, 5) is 4.48.